The average molecular weight is 671 g/mol. The Morgan fingerprint density at radius 2 is 1.52 bits per heavy atom. The quantitative estimate of drug-likeness (QED) is 0.138. The number of amides is 2. The normalized spacial score (nSPS) is 15.5. The molecule has 2 amide bonds. The minimum atomic E-state index is -0.700. The maximum Gasteiger partial charge on any atom is 0.272 e. The molecule has 1 unspecified atom stereocenters. The lowest BCUT2D eigenvalue weighted by Gasteiger charge is -2.39. The number of nitro groups is 1. The third-order valence-electron chi connectivity index (χ3n) is 7.51. The Labute approximate surface area is 269 Å². The molecule has 0 radical (unpaired) electrons. The molecule has 1 aliphatic rings. The van der Waals surface area contributed by atoms with Crippen LogP contribution in [0.4, 0.5) is 20.2 Å². The summed E-state index contributed by atoms with van der Waals surface area (Å²) >= 11 is 12.2. The van der Waals surface area contributed by atoms with Crippen molar-refractivity contribution in [1.82, 2.24) is 9.80 Å². The molecule has 236 valence electrons. The first-order valence-electron chi connectivity index (χ1n) is 13.7. The van der Waals surface area contributed by atoms with Gasteiger partial charge in [0.1, 0.15) is 17.7 Å². The molecule has 0 spiro atoms. The van der Waals surface area contributed by atoms with Crippen LogP contribution in [0.5, 0.6) is 0 Å². The van der Waals surface area contributed by atoms with E-state index in [0.717, 1.165) is 42.5 Å². The fraction of sp³-hybridized carbons (Fsp3) is 0.333. The van der Waals surface area contributed by atoms with E-state index in [0.29, 0.717) is 26.2 Å². The lowest BCUT2D eigenvalue weighted by atomic mass is 9.87. The molecule has 3 aromatic rings. The molecule has 0 bridgehead atoms. The van der Waals surface area contributed by atoms with Gasteiger partial charge in [0.15, 0.2) is 0 Å². The number of nitrogens with zero attached hydrogens (tertiary/aromatic N) is 3. The molecule has 9 nitrogen and oxygen atoms in total. The Hall–Kier alpha value is -3.35. The van der Waals surface area contributed by atoms with Crippen molar-refractivity contribution in [2.24, 2.45) is 5.73 Å². The Balaban J connectivity index is 0.00000529. The van der Waals surface area contributed by atoms with Gasteiger partial charge in [-0.25, -0.2) is 8.78 Å². The lowest BCUT2D eigenvalue weighted by Crippen LogP contribution is -2.59. The van der Waals surface area contributed by atoms with Crippen molar-refractivity contribution in [3.8, 4) is 0 Å². The summed E-state index contributed by atoms with van der Waals surface area (Å²) in [6, 6.07) is 14.2. The van der Waals surface area contributed by atoms with Crippen molar-refractivity contribution in [2.75, 3.05) is 38.0 Å². The highest BCUT2D eigenvalue weighted by molar-refractivity contribution is 6.40. The first kappa shape index (κ1) is 35.1. The van der Waals surface area contributed by atoms with Gasteiger partial charge in [0.2, 0.25) is 11.8 Å². The number of primary amides is 1. The Morgan fingerprint density at radius 3 is 2.02 bits per heavy atom. The van der Waals surface area contributed by atoms with Crippen molar-refractivity contribution in [3.05, 3.63) is 104 Å². The van der Waals surface area contributed by atoms with Crippen molar-refractivity contribution >= 4 is 58.8 Å². The number of carbonyl (C=O) groups is 2. The highest BCUT2D eigenvalue weighted by Gasteiger charge is 2.32. The summed E-state index contributed by atoms with van der Waals surface area (Å²) in [7, 11) is 0. The zero-order valence-electron chi connectivity index (χ0n) is 23.6. The fourth-order valence-corrected chi connectivity index (χ4v) is 5.86. The molecular weight excluding hydrogens is 639 g/mol. The molecule has 4 rings (SSSR count). The van der Waals surface area contributed by atoms with Crippen LogP contribution >= 0.6 is 35.6 Å². The van der Waals surface area contributed by atoms with Crippen LogP contribution in [0.25, 0.3) is 0 Å². The molecule has 1 heterocycles. The minimum Gasteiger partial charge on any atom is -0.368 e. The van der Waals surface area contributed by atoms with Gasteiger partial charge >= 0.3 is 0 Å². The van der Waals surface area contributed by atoms with Crippen LogP contribution in [-0.2, 0) is 9.59 Å². The van der Waals surface area contributed by atoms with Gasteiger partial charge in [-0.2, -0.15) is 0 Å². The molecule has 1 aliphatic heterocycles. The molecule has 44 heavy (non-hydrogen) atoms. The van der Waals surface area contributed by atoms with E-state index in [-0.39, 0.29) is 57.9 Å². The molecule has 3 N–H and O–H groups in total. The highest BCUT2D eigenvalue weighted by atomic mass is 35.5. The number of nitrogens with two attached hydrogens (primary N) is 1. The van der Waals surface area contributed by atoms with Crippen LogP contribution in [0, 0.1) is 21.7 Å². The second kappa shape index (κ2) is 16.1. The zero-order chi connectivity index (χ0) is 31.1. The molecule has 0 aliphatic carbocycles. The number of hydrogen-bond donors (Lipinski definition) is 2. The molecule has 3 aromatic carbocycles. The van der Waals surface area contributed by atoms with E-state index in [1.54, 1.807) is 29.2 Å². The van der Waals surface area contributed by atoms with E-state index in [1.165, 1.54) is 24.3 Å². The fourth-order valence-electron chi connectivity index (χ4n) is 5.29. The van der Waals surface area contributed by atoms with Gasteiger partial charge in [0, 0.05) is 37.7 Å². The van der Waals surface area contributed by atoms with Crippen LogP contribution in [0.2, 0.25) is 10.0 Å². The van der Waals surface area contributed by atoms with Gasteiger partial charge in [0.05, 0.1) is 27.2 Å². The predicted octanol–water partition coefficient (Wildman–Crippen LogP) is 6.01. The number of nitrogens with one attached hydrogen (secondary N) is 1. The molecule has 0 saturated carbocycles. The third-order valence-corrected chi connectivity index (χ3v) is 8.11. The molecular formula is C30H32Cl3F2N5O4. The predicted molar refractivity (Wildman–Crippen MR) is 168 cm³/mol. The number of non-ortho nitro benzene ring substituents is 1. The Bertz CT molecular complexity index is 1400. The van der Waals surface area contributed by atoms with Gasteiger partial charge < -0.3 is 11.1 Å². The largest absolute Gasteiger partial charge is 0.368 e. The topological polar surface area (TPSA) is 122 Å². The number of rotatable bonds is 12. The second-order valence-electron chi connectivity index (χ2n) is 10.4. The van der Waals surface area contributed by atoms with E-state index < -0.39 is 22.8 Å². The number of nitro benzene ring substituents is 1. The highest BCUT2D eigenvalue weighted by Crippen LogP contribution is 2.35. The standard InChI is InChI=1S/C30H31Cl2F2N5O4.ClH/c31-25-15-23(39(42)43)16-26(32)29(25)36-28(40)18-38-14-13-37(17-27(38)30(35)41)12-2-1-3-24(19-4-8-21(33)9-5-19)20-6-10-22(34)11-7-20;/h4-11,15-16,24,27H,1-3,12-14,17-18H2,(H2,35,41)(H,36,40);1H. The monoisotopic (exact) mass is 669 g/mol. The van der Waals surface area contributed by atoms with Gasteiger partial charge in [-0.1, -0.05) is 53.9 Å². The van der Waals surface area contributed by atoms with Gasteiger partial charge in [-0.05, 0) is 54.8 Å². The summed E-state index contributed by atoms with van der Waals surface area (Å²) in [5.74, 6) is -1.71. The van der Waals surface area contributed by atoms with Crippen LogP contribution < -0.4 is 11.1 Å². The van der Waals surface area contributed by atoms with Crippen molar-refractivity contribution < 1.29 is 23.3 Å². The van der Waals surface area contributed by atoms with Crippen LogP contribution in [0.1, 0.15) is 36.3 Å². The summed E-state index contributed by atoms with van der Waals surface area (Å²) in [5.41, 5.74) is 7.33. The van der Waals surface area contributed by atoms with Crippen molar-refractivity contribution in [3.63, 3.8) is 0 Å². The summed E-state index contributed by atoms with van der Waals surface area (Å²) in [4.78, 5) is 39.3. The molecule has 0 aromatic heterocycles. The molecule has 14 heteroatoms. The number of hydrogen-bond acceptors (Lipinski definition) is 6. The summed E-state index contributed by atoms with van der Waals surface area (Å²) < 4.78 is 27.1. The average Bonchev–Trinajstić information content (AvgIpc) is 2.96. The van der Waals surface area contributed by atoms with E-state index in [2.05, 4.69) is 10.2 Å². The summed E-state index contributed by atoms with van der Waals surface area (Å²) in [5, 5.41) is 13.4. The van der Waals surface area contributed by atoms with E-state index in [9.17, 15) is 28.5 Å². The van der Waals surface area contributed by atoms with Crippen molar-refractivity contribution in [2.45, 2.75) is 31.2 Å². The van der Waals surface area contributed by atoms with Crippen LogP contribution in [-0.4, -0.2) is 65.3 Å². The zero-order valence-corrected chi connectivity index (χ0v) is 25.9. The number of piperazine rings is 1. The molecule has 1 saturated heterocycles. The summed E-state index contributed by atoms with van der Waals surface area (Å²) in [6.07, 6.45) is 2.42. The maximum atomic E-state index is 13.5. The van der Waals surface area contributed by atoms with E-state index in [1.807, 2.05) is 0 Å². The number of anilines is 1. The minimum absolute atomic E-state index is 0. The van der Waals surface area contributed by atoms with E-state index >= 15 is 0 Å². The Morgan fingerprint density at radius 1 is 0.977 bits per heavy atom. The van der Waals surface area contributed by atoms with Crippen molar-refractivity contribution in [1.29, 1.82) is 0 Å². The maximum absolute atomic E-state index is 13.5. The van der Waals surface area contributed by atoms with Crippen LogP contribution in [0.3, 0.4) is 0 Å². The van der Waals surface area contributed by atoms with Crippen LogP contribution in [0.15, 0.2) is 60.7 Å². The molecule has 1 atom stereocenters. The second-order valence-corrected chi connectivity index (χ2v) is 11.2. The first-order chi connectivity index (χ1) is 20.5. The third kappa shape index (κ3) is 9.33. The smallest absolute Gasteiger partial charge is 0.272 e. The number of halogens is 5. The molecule has 1 fully saturated rings. The Kier molecular flexibility index (Phi) is 12.9. The SMILES string of the molecule is Cl.NC(=O)C1CN(CCCCC(c2ccc(F)cc2)c2ccc(F)cc2)CCN1CC(=O)Nc1c(Cl)cc([N+](=O)[O-])cc1Cl. The number of unbranched alkanes of at least 4 members (excludes halogenated alkanes) is 1. The number of carbonyl (C=O) groups excluding carboxylic acids is 2. The van der Waals surface area contributed by atoms with Gasteiger partial charge in [0.25, 0.3) is 5.69 Å². The first-order valence-corrected chi connectivity index (χ1v) is 14.5. The van der Waals surface area contributed by atoms with Gasteiger partial charge in [-0.3, -0.25) is 29.5 Å². The number of benzene rings is 3. The van der Waals surface area contributed by atoms with Gasteiger partial charge in [-0.15, -0.1) is 12.4 Å². The van der Waals surface area contributed by atoms with E-state index in [4.69, 9.17) is 28.9 Å². The lowest BCUT2D eigenvalue weighted by molar-refractivity contribution is -0.384. The summed E-state index contributed by atoms with van der Waals surface area (Å²) in [6.45, 7) is 1.92.